The largest absolute Gasteiger partial charge is 0.503 e. The molecule has 1 unspecified atom stereocenters. The number of hydrogen-bond donors (Lipinski definition) is 2. The first kappa shape index (κ1) is 22.0. The van der Waals surface area contributed by atoms with E-state index in [9.17, 15) is 14.7 Å². The molecule has 30 heavy (non-hydrogen) atoms. The van der Waals surface area contributed by atoms with Crippen molar-refractivity contribution in [1.29, 1.82) is 0 Å². The summed E-state index contributed by atoms with van der Waals surface area (Å²) in [4.78, 5) is 27.1. The van der Waals surface area contributed by atoms with Gasteiger partial charge in [0, 0.05) is 11.0 Å². The third kappa shape index (κ3) is 5.05. The lowest BCUT2D eigenvalue weighted by Gasteiger charge is -2.26. The summed E-state index contributed by atoms with van der Waals surface area (Å²) in [7, 11) is 0. The highest BCUT2D eigenvalue weighted by Gasteiger charge is 2.42. The smallest absolute Gasteiger partial charge is 0.290 e. The maximum atomic E-state index is 13.0. The molecule has 3 rings (SSSR count). The average molecular weight is 472 g/mol. The molecule has 0 bridgehead atoms. The summed E-state index contributed by atoms with van der Waals surface area (Å²) in [6.45, 7) is 0.369. The fourth-order valence-electron chi connectivity index (χ4n) is 3.28. The number of allylic oxidation sites excluding steroid dienone is 1. The number of halogens is 1. The van der Waals surface area contributed by atoms with Gasteiger partial charge >= 0.3 is 0 Å². The zero-order valence-corrected chi connectivity index (χ0v) is 17.8. The minimum absolute atomic E-state index is 0.0386. The molecule has 1 atom stereocenters. The van der Waals surface area contributed by atoms with Crippen molar-refractivity contribution in [2.75, 3.05) is 26.4 Å². The average Bonchev–Trinajstić information content (AvgIpc) is 3.01. The topological polar surface area (TPSA) is 87.1 Å². The van der Waals surface area contributed by atoms with E-state index < -0.39 is 23.5 Å². The van der Waals surface area contributed by atoms with E-state index in [1.807, 2.05) is 42.5 Å². The Morgan fingerprint density at radius 3 is 2.47 bits per heavy atom. The van der Waals surface area contributed by atoms with Gasteiger partial charge in [0.25, 0.3) is 5.91 Å². The third-order valence-electron chi connectivity index (χ3n) is 4.69. The Balaban J connectivity index is 1.91. The van der Waals surface area contributed by atoms with Gasteiger partial charge in [0.1, 0.15) is 0 Å². The number of carbonyl (C=O) groups is 2. The Hall–Kier alpha value is -2.74. The highest BCUT2D eigenvalue weighted by molar-refractivity contribution is 9.10. The predicted octanol–water partition coefficient (Wildman–Crippen LogP) is 3.44. The van der Waals surface area contributed by atoms with E-state index in [2.05, 4.69) is 15.9 Å². The molecule has 2 aromatic carbocycles. The summed E-state index contributed by atoms with van der Waals surface area (Å²) in [5, 5.41) is 19.4. The van der Waals surface area contributed by atoms with Crippen LogP contribution in [0.5, 0.6) is 0 Å². The van der Waals surface area contributed by atoms with Crippen molar-refractivity contribution in [3.8, 4) is 0 Å². The molecule has 0 saturated heterocycles. The fraction of sp³-hybridized carbons (Fsp3) is 0.217. The van der Waals surface area contributed by atoms with Crippen LogP contribution in [-0.2, 0) is 14.3 Å². The van der Waals surface area contributed by atoms with Crippen molar-refractivity contribution in [3.05, 3.63) is 87.6 Å². The van der Waals surface area contributed by atoms with E-state index >= 15 is 0 Å². The van der Waals surface area contributed by atoms with Gasteiger partial charge in [-0.3, -0.25) is 9.59 Å². The molecule has 0 radical (unpaired) electrons. The second-order valence-electron chi connectivity index (χ2n) is 6.66. The highest BCUT2D eigenvalue weighted by atomic mass is 79.9. The van der Waals surface area contributed by atoms with E-state index in [0.29, 0.717) is 5.56 Å². The van der Waals surface area contributed by atoms with Crippen LogP contribution in [-0.4, -0.2) is 53.2 Å². The van der Waals surface area contributed by atoms with Crippen LogP contribution in [0, 0.1) is 0 Å². The zero-order valence-electron chi connectivity index (χ0n) is 16.2. The van der Waals surface area contributed by atoms with Gasteiger partial charge in [0.2, 0.25) is 0 Å². The number of benzene rings is 2. The molecule has 0 aliphatic carbocycles. The van der Waals surface area contributed by atoms with Gasteiger partial charge in [-0.05, 0) is 29.3 Å². The number of ether oxygens (including phenoxy) is 1. The maximum absolute atomic E-state index is 13.0. The Morgan fingerprint density at radius 1 is 1.10 bits per heavy atom. The highest BCUT2D eigenvalue weighted by Crippen LogP contribution is 2.38. The second-order valence-corrected chi connectivity index (χ2v) is 7.57. The second kappa shape index (κ2) is 10.3. The number of aliphatic hydroxyl groups is 2. The number of amides is 1. The molecule has 156 valence electrons. The Kier molecular flexibility index (Phi) is 7.57. The summed E-state index contributed by atoms with van der Waals surface area (Å²) in [5.74, 6) is -1.60. The molecule has 2 aromatic rings. The predicted molar refractivity (Wildman–Crippen MR) is 117 cm³/mol. The zero-order chi connectivity index (χ0) is 21.5. The van der Waals surface area contributed by atoms with E-state index in [0.717, 1.165) is 10.0 Å². The van der Waals surface area contributed by atoms with Crippen LogP contribution in [0.1, 0.15) is 17.2 Å². The molecular weight excluding hydrogens is 450 g/mol. The van der Waals surface area contributed by atoms with Crippen LogP contribution >= 0.6 is 15.9 Å². The van der Waals surface area contributed by atoms with Gasteiger partial charge < -0.3 is 19.8 Å². The number of nitrogens with zero attached hydrogens (tertiary/aromatic N) is 1. The summed E-state index contributed by atoms with van der Waals surface area (Å²) in [6.07, 6.45) is 3.02. The van der Waals surface area contributed by atoms with Gasteiger partial charge in [-0.1, -0.05) is 64.5 Å². The normalized spacial score (nSPS) is 16.7. The molecule has 6 nitrogen and oxygen atoms in total. The van der Waals surface area contributed by atoms with Crippen molar-refractivity contribution < 1.29 is 24.5 Å². The SMILES string of the molecule is O=C(C=Cc1ccccc1)C1=C(O)C(=O)N(CCOCCO)C1c1ccc(Br)cc1. The Labute approximate surface area is 183 Å². The molecule has 0 aromatic heterocycles. The number of ketones is 1. The molecule has 2 N–H and O–H groups in total. The quantitative estimate of drug-likeness (QED) is 0.432. The summed E-state index contributed by atoms with van der Waals surface area (Å²) < 4.78 is 6.14. The molecule has 1 heterocycles. The Morgan fingerprint density at radius 2 is 1.80 bits per heavy atom. The summed E-state index contributed by atoms with van der Waals surface area (Å²) in [6, 6.07) is 15.8. The van der Waals surface area contributed by atoms with E-state index in [4.69, 9.17) is 9.84 Å². The minimum Gasteiger partial charge on any atom is -0.503 e. The molecule has 1 amide bonds. The standard InChI is InChI=1S/C23H22BrNO5/c24-18-9-7-17(8-10-18)21-20(19(27)11-6-16-4-2-1-3-5-16)22(28)23(29)25(21)12-14-30-15-13-26/h1-11,21,26,28H,12-15H2. The fourth-order valence-corrected chi connectivity index (χ4v) is 3.55. The summed E-state index contributed by atoms with van der Waals surface area (Å²) >= 11 is 3.38. The number of aliphatic hydroxyl groups excluding tert-OH is 2. The number of rotatable bonds is 9. The molecule has 1 aliphatic rings. The van der Waals surface area contributed by atoms with Gasteiger partial charge in [0.15, 0.2) is 11.5 Å². The number of carbonyl (C=O) groups excluding carboxylic acids is 2. The van der Waals surface area contributed by atoms with Crippen molar-refractivity contribution in [1.82, 2.24) is 4.90 Å². The van der Waals surface area contributed by atoms with Crippen LogP contribution in [0.25, 0.3) is 6.08 Å². The van der Waals surface area contributed by atoms with E-state index in [-0.39, 0.29) is 31.9 Å². The number of hydrogen-bond acceptors (Lipinski definition) is 5. The molecule has 0 spiro atoms. The monoisotopic (exact) mass is 471 g/mol. The van der Waals surface area contributed by atoms with E-state index in [1.165, 1.54) is 11.0 Å². The molecule has 1 aliphatic heterocycles. The molecule has 0 fully saturated rings. The Bertz CT molecular complexity index is 953. The molecule has 7 heteroatoms. The lowest BCUT2D eigenvalue weighted by atomic mass is 9.95. The summed E-state index contributed by atoms with van der Waals surface area (Å²) in [5.41, 5.74) is 1.58. The van der Waals surface area contributed by atoms with Crippen LogP contribution in [0.2, 0.25) is 0 Å². The lowest BCUT2D eigenvalue weighted by molar-refractivity contribution is -0.130. The van der Waals surface area contributed by atoms with Gasteiger partial charge in [-0.15, -0.1) is 0 Å². The first-order valence-electron chi connectivity index (χ1n) is 9.48. The van der Waals surface area contributed by atoms with Crippen molar-refractivity contribution >= 4 is 33.7 Å². The van der Waals surface area contributed by atoms with Crippen molar-refractivity contribution in [2.24, 2.45) is 0 Å². The van der Waals surface area contributed by atoms with Crippen LogP contribution < -0.4 is 0 Å². The van der Waals surface area contributed by atoms with E-state index in [1.54, 1.807) is 18.2 Å². The molecular formula is C23H22BrNO5. The third-order valence-corrected chi connectivity index (χ3v) is 5.22. The van der Waals surface area contributed by atoms with Gasteiger partial charge in [-0.25, -0.2) is 0 Å². The van der Waals surface area contributed by atoms with Gasteiger partial charge in [-0.2, -0.15) is 0 Å². The van der Waals surface area contributed by atoms with Crippen molar-refractivity contribution in [2.45, 2.75) is 6.04 Å². The molecule has 0 saturated carbocycles. The maximum Gasteiger partial charge on any atom is 0.290 e. The van der Waals surface area contributed by atoms with Crippen molar-refractivity contribution in [3.63, 3.8) is 0 Å². The minimum atomic E-state index is -0.726. The first-order valence-corrected chi connectivity index (χ1v) is 10.3. The van der Waals surface area contributed by atoms with Crippen LogP contribution in [0.4, 0.5) is 0 Å². The first-order chi connectivity index (χ1) is 14.5. The van der Waals surface area contributed by atoms with Crippen LogP contribution in [0.3, 0.4) is 0 Å². The van der Waals surface area contributed by atoms with Crippen LogP contribution in [0.15, 0.2) is 76.5 Å². The lowest BCUT2D eigenvalue weighted by Crippen LogP contribution is -2.34. The van der Waals surface area contributed by atoms with Gasteiger partial charge in [0.05, 0.1) is 31.4 Å².